The van der Waals surface area contributed by atoms with Crippen LogP contribution < -0.4 is 0 Å². The molecule has 2 aromatic rings. The maximum atomic E-state index is 10.5. The first-order chi connectivity index (χ1) is 7.25. The number of carbonyl (C=O) groups is 1. The van der Waals surface area contributed by atoms with E-state index < -0.39 is 5.97 Å². The first-order valence-corrected chi connectivity index (χ1v) is 5.34. The van der Waals surface area contributed by atoms with Gasteiger partial charge in [-0.25, -0.2) is 0 Å². The Hall–Kier alpha value is -1.68. The molecule has 0 amide bonds. The second-order valence-corrected chi connectivity index (χ2v) is 4.05. The van der Waals surface area contributed by atoms with Crippen molar-refractivity contribution in [3.8, 4) is 10.6 Å². The van der Waals surface area contributed by atoms with E-state index in [9.17, 15) is 4.79 Å². The molecular formula is C11H9NO2S. The van der Waals surface area contributed by atoms with Gasteiger partial charge in [-0.15, -0.1) is 11.3 Å². The van der Waals surface area contributed by atoms with Crippen LogP contribution in [0.15, 0.2) is 35.8 Å². The normalized spacial score (nSPS) is 10.1. The number of thiophene rings is 1. The van der Waals surface area contributed by atoms with Crippen LogP contribution >= 0.6 is 11.3 Å². The van der Waals surface area contributed by atoms with Crippen LogP contribution in [0.4, 0.5) is 0 Å². The van der Waals surface area contributed by atoms with Crippen molar-refractivity contribution in [2.45, 2.75) is 6.42 Å². The van der Waals surface area contributed by atoms with Gasteiger partial charge in [-0.05, 0) is 23.1 Å². The van der Waals surface area contributed by atoms with Crippen molar-refractivity contribution in [3.63, 3.8) is 0 Å². The number of aliphatic carboxylic acids is 1. The van der Waals surface area contributed by atoms with Gasteiger partial charge in [-0.2, -0.15) is 0 Å². The van der Waals surface area contributed by atoms with Crippen molar-refractivity contribution in [3.05, 3.63) is 41.4 Å². The van der Waals surface area contributed by atoms with Crippen molar-refractivity contribution in [1.82, 2.24) is 4.98 Å². The highest BCUT2D eigenvalue weighted by atomic mass is 32.1. The lowest BCUT2D eigenvalue weighted by atomic mass is 10.2. The standard InChI is InChI=1S/C11H9NO2S/c13-11(14)6-8-3-4-9(12-7-8)10-2-1-5-15-10/h1-5,7H,6H2,(H,13,14). The summed E-state index contributed by atoms with van der Waals surface area (Å²) in [4.78, 5) is 15.8. The molecule has 4 heteroatoms. The molecule has 2 heterocycles. The van der Waals surface area contributed by atoms with Gasteiger partial charge in [0.25, 0.3) is 0 Å². The predicted octanol–water partition coefficient (Wildman–Crippen LogP) is 2.44. The molecule has 0 spiro atoms. The minimum Gasteiger partial charge on any atom is -0.481 e. The third-order valence-corrected chi connectivity index (χ3v) is 2.85. The summed E-state index contributed by atoms with van der Waals surface area (Å²) in [7, 11) is 0. The van der Waals surface area contributed by atoms with E-state index >= 15 is 0 Å². The number of carboxylic acids is 1. The van der Waals surface area contributed by atoms with Gasteiger partial charge in [-0.3, -0.25) is 9.78 Å². The molecule has 0 atom stereocenters. The van der Waals surface area contributed by atoms with Gasteiger partial charge < -0.3 is 5.11 Å². The molecule has 0 saturated carbocycles. The minimum absolute atomic E-state index is 0.0255. The Morgan fingerprint density at radius 3 is 2.80 bits per heavy atom. The summed E-state index contributed by atoms with van der Waals surface area (Å²) >= 11 is 1.62. The zero-order valence-corrected chi connectivity index (χ0v) is 8.70. The summed E-state index contributed by atoms with van der Waals surface area (Å²) in [5.74, 6) is -0.833. The lowest BCUT2D eigenvalue weighted by Gasteiger charge is -1.98. The van der Waals surface area contributed by atoms with E-state index in [1.807, 2.05) is 23.6 Å². The molecule has 2 rings (SSSR count). The van der Waals surface area contributed by atoms with Crippen molar-refractivity contribution < 1.29 is 9.90 Å². The van der Waals surface area contributed by atoms with E-state index in [4.69, 9.17) is 5.11 Å². The van der Waals surface area contributed by atoms with Gasteiger partial charge in [0, 0.05) is 6.20 Å². The van der Waals surface area contributed by atoms with Crippen molar-refractivity contribution in [1.29, 1.82) is 0 Å². The van der Waals surface area contributed by atoms with Crippen LogP contribution in [0.25, 0.3) is 10.6 Å². The van der Waals surface area contributed by atoms with E-state index in [1.165, 1.54) is 0 Å². The Labute approximate surface area is 91.0 Å². The zero-order chi connectivity index (χ0) is 10.7. The fraction of sp³-hybridized carbons (Fsp3) is 0.0909. The number of carboxylic acid groups (broad SMARTS) is 1. The van der Waals surface area contributed by atoms with E-state index in [-0.39, 0.29) is 6.42 Å². The lowest BCUT2D eigenvalue weighted by molar-refractivity contribution is -0.136. The highest BCUT2D eigenvalue weighted by Gasteiger charge is 2.03. The second kappa shape index (κ2) is 4.23. The molecule has 76 valence electrons. The van der Waals surface area contributed by atoms with Crippen LogP contribution in [-0.2, 0) is 11.2 Å². The molecule has 0 radical (unpaired) electrons. The van der Waals surface area contributed by atoms with E-state index in [2.05, 4.69) is 4.98 Å². The number of pyridine rings is 1. The third-order valence-electron chi connectivity index (χ3n) is 1.95. The topological polar surface area (TPSA) is 50.2 Å². The molecule has 0 aliphatic carbocycles. The quantitative estimate of drug-likeness (QED) is 0.862. The number of nitrogens with zero attached hydrogens (tertiary/aromatic N) is 1. The van der Waals surface area contributed by atoms with Gasteiger partial charge in [0.05, 0.1) is 17.0 Å². The minimum atomic E-state index is -0.833. The van der Waals surface area contributed by atoms with Crippen LogP contribution in [-0.4, -0.2) is 16.1 Å². The van der Waals surface area contributed by atoms with Crippen LogP contribution in [0.1, 0.15) is 5.56 Å². The molecule has 2 aromatic heterocycles. The van der Waals surface area contributed by atoms with Crippen molar-refractivity contribution in [2.24, 2.45) is 0 Å². The molecule has 3 nitrogen and oxygen atoms in total. The van der Waals surface area contributed by atoms with E-state index in [0.29, 0.717) is 0 Å². The maximum absolute atomic E-state index is 10.5. The summed E-state index contributed by atoms with van der Waals surface area (Å²) in [5, 5.41) is 10.6. The molecule has 15 heavy (non-hydrogen) atoms. The Morgan fingerprint density at radius 2 is 2.27 bits per heavy atom. The molecule has 1 N–H and O–H groups in total. The van der Waals surface area contributed by atoms with Gasteiger partial charge in [-0.1, -0.05) is 12.1 Å². The molecule has 0 aliphatic heterocycles. The van der Waals surface area contributed by atoms with Gasteiger partial charge >= 0.3 is 5.97 Å². The average molecular weight is 219 g/mol. The fourth-order valence-electron chi connectivity index (χ4n) is 1.27. The number of rotatable bonds is 3. The summed E-state index contributed by atoms with van der Waals surface area (Å²) in [6.45, 7) is 0. The van der Waals surface area contributed by atoms with Crippen molar-refractivity contribution >= 4 is 17.3 Å². The van der Waals surface area contributed by atoms with Gasteiger partial charge in [0.15, 0.2) is 0 Å². The Bertz CT molecular complexity index is 448. The Kier molecular flexibility index (Phi) is 2.78. The summed E-state index contributed by atoms with van der Waals surface area (Å²) in [6.07, 6.45) is 1.64. The van der Waals surface area contributed by atoms with Gasteiger partial charge in [0.1, 0.15) is 0 Å². The number of hydrogen-bond donors (Lipinski definition) is 1. The smallest absolute Gasteiger partial charge is 0.307 e. The van der Waals surface area contributed by atoms with Crippen LogP contribution in [0.2, 0.25) is 0 Å². The third kappa shape index (κ3) is 2.41. The average Bonchev–Trinajstić information content (AvgIpc) is 2.71. The van der Waals surface area contributed by atoms with Crippen LogP contribution in [0.3, 0.4) is 0 Å². The van der Waals surface area contributed by atoms with E-state index in [0.717, 1.165) is 16.1 Å². The zero-order valence-electron chi connectivity index (χ0n) is 7.88. The molecule has 0 bridgehead atoms. The van der Waals surface area contributed by atoms with Crippen LogP contribution in [0.5, 0.6) is 0 Å². The van der Waals surface area contributed by atoms with E-state index in [1.54, 1.807) is 23.6 Å². The van der Waals surface area contributed by atoms with Crippen LogP contribution in [0, 0.1) is 0 Å². The molecule has 0 saturated heterocycles. The SMILES string of the molecule is O=C(O)Cc1ccc(-c2cccs2)nc1. The Morgan fingerprint density at radius 1 is 1.40 bits per heavy atom. The Balaban J connectivity index is 2.21. The monoisotopic (exact) mass is 219 g/mol. The summed E-state index contributed by atoms with van der Waals surface area (Å²) in [6, 6.07) is 7.61. The fourth-order valence-corrected chi connectivity index (χ4v) is 1.98. The number of hydrogen-bond acceptors (Lipinski definition) is 3. The lowest BCUT2D eigenvalue weighted by Crippen LogP contribution is -2.00. The van der Waals surface area contributed by atoms with Gasteiger partial charge in [0.2, 0.25) is 0 Å². The largest absolute Gasteiger partial charge is 0.481 e. The molecule has 0 aliphatic rings. The van der Waals surface area contributed by atoms with Crippen molar-refractivity contribution in [2.75, 3.05) is 0 Å². The molecule has 0 unspecified atom stereocenters. The first kappa shape index (κ1) is 9.86. The summed E-state index contributed by atoms with van der Waals surface area (Å²) < 4.78 is 0. The summed E-state index contributed by atoms with van der Waals surface area (Å²) in [5.41, 5.74) is 1.61. The molecular weight excluding hydrogens is 210 g/mol. The maximum Gasteiger partial charge on any atom is 0.307 e. The highest BCUT2D eigenvalue weighted by molar-refractivity contribution is 7.13. The second-order valence-electron chi connectivity index (χ2n) is 3.10. The first-order valence-electron chi connectivity index (χ1n) is 4.46. The molecule has 0 aromatic carbocycles. The number of aromatic nitrogens is 1. The molecule has 0 fully saturated rings. The predicted molar refractivity (Wildman–Crippen MR) is 58.9 cm³/mol. The highest BCUT2D eigenvalue weighted by Crippen LogP contribution is 2.22.